The molecule has 0 saturated heterocycles. The van der Waals surface area contributed by atoms with E-state index in [1.165, 1.54) is 12.5 Å². The van der Waals surface area contributed by atoms with Gasteiger partial charge in [-0.15, -0.1) is 0 Å². The lowest BCUT2D eigenvalue weighted by Gasteiger charge is -2.23. The molecule has 2 rings (SSSR count). The van der Waals surface area contributed by atoms with Gasteiger partial charge in [0.2, 0.25) is 0 Å². The molecule has 0 fully saturated rings. The van der Waals surface area contributed by atoms with Crippen LogP contribution in [0.15, 0.2) is 54.6 Å². The van der Waals surface area contributed by atoms with Crippen molar-refractivity contribution in [3.63, 3.8) is 0 Å². The molecule has 2 aromatic carbocycles. The average molecular weight is 326 g/mol. The van der Waals surface area contributed by atoms with Crippen LogP contribution in [-0.4, -0.2) is 29.6 Å². The van der Waals surface area contributed by atoms with E-state index in [4.69, 9.17) is 5.11 Å². The highest BCUT2D eigenvalue weighted by molar-refractivity contribution is 5.96. The van der Waals surface area contributed by atoms with Crippen LogP contribution in [0.2, 0.25) is 0 Å². The van der Waals surface area contributed by atoms with Crippen LogP contribution in [0, 0.1) is 0 Å². The zero-order valence-corrected chi connectivity index (χ0v) is 13.9. The van der Waals surface area contributed by atoms with Crippen LogP contribution in [-0.2, 0) is 11.3 Å². The van der Waals surface area contributed by atoms with Gasteiger partial charge in [0.25, 0.3) is 5.91 Å². The predicted molar refractivity (Wildman–Crippen MR) is 94.2 cm³/mol. The van der Waals surface area contributed by atoms with E-state index in [1.807, 2.05) is 30.3 Å². The van der Waals surface area contributed by atoms with Crippen molar-refractivity contribution in [1.82, 2.24) is 5.32 Å². The highest BCUT2D eigenvalue weighted by Gasteiger charge is 2.15. The van der Waals surface area contributed by atoms with Gasteiger partial charge in [-0.1, -0.05) is 30.3 Å². The number of carboxylic acids is 1. The number of carbonyl (C=O) groups is 2. The fourth-order valence-electron chi connectivity index (χ4n) is 2.35. The molecule has 2 aromatic rings. The molecule has 0 aliphatic carbocycles. The fraction of sp³-hybridized carbons (Fsp3) is 0.263. The van der Waals surface area contributed by atoms with Crippen molar-refractivity contribution in [2.75, 3.05) is 11.4 Å². The SMILES string of the molecule is CCN(Cc1ccccc1)c1ccc(C(=O)NC(C)C(=O)O)cc1. The summed E-state index contributed by atoms with van der Waals surface area (Å²) in [4.78, 5) is 25.0. The second kappa shape index (κ2) is 8.15. The van der Waals surface area contributed by atoms with Crippen molar-refractivity contribution in [3.05, 3.63) is 65.7 Å². The van der Waals surface area contributed by atoms with Crippen LogP contribution in [0.3, 0.4) is 0 Å². The first kappa shape index (κ1) is 17.5. The Hall–Kier alpha value is -2.82. The van der Waals surface area contributed by atoms with Gasteiger partial charge in [0.05, 0.1) is 0 Å². The summed E-state index contributed by atoms with van der Waals surface area (Å²) in [6, 6.07) is 16.5. The number of nitrogens with zero attached hydrogens (tertiary/aromatic N) is 1. The van der Waals surface area contributed by atoms with Gasteiger partial charge < -0.3 is 15.3 Å². The second-order valence-electron chi connectivity index (χ2n) is 5.58. The summed E-state index contributed by atoms with van der Waals surface area (Å²) in [5.41, 5.74) is 2.68. The molecule has 126 valence electrons. The third-order valence-electron chi connectivity index (χ3n) is 3.81. The Balaban J connectivity index is 2.07. The molecular formula is C19H22N2O3. The molecule has 0 radical (unpaired) electrons. The maximum atomic E-state index is 12.0. The Labute approximate surface area is 141 Å². The molecule has 0 bridgehead atoms. The molecule has 0 heterocycles. The first-order chi connectivity index (χ1) is 11.5. The average Bonchev–Trinajstić information content (AvgIpc) is 2.60. The van der Waals surface area contributed by atoms with Crippen LogP contribution in [0.5, 0.6) is 0 Å². The van der Waals surface area contributed by atoms with Crippen molar-refractivity contribution >= 4 is 17.6 Å². The summed E-state index contributed by atoms with van der Waals surface area (Å²) in [7, 11) is 0. The molecule has 24 heavy (non-hydrogen) atoms. The highest BCUT2D eigenvalue weighted by atomic mass is 16.4. The van der Waals surface area contributed by atoms with Crippen molar-refractivity contribution in [2.24, 2.45) is 0 Å². The lowest BCUT2D eigenvalue weighted by atomic mass is 10.1. The molecule has 1 atom stereocenters. The van der Waals surface area contributed by atoms with E-state index in [1.54, 1.807) is 12.1 Å². The van der Waals surface area contributed by atoms with Crippen LogP contribution in [0.25, 0.3) is 0 Å². The first-order valence-electron chi connectivity index (χ1n) is 7.94. The summed E-state index contributed by atoms with van der Waals surface area (Å²) in [6.07, 6.45) is 0. The number of rotatable bonds is 7. The second-order valence-corrected chi connectivity index (χ2v) is 5.58. The van der Waals surface area contributed by atoms with Gasteiger partial charge >= 0.3 is 5.97 Å². The number of aliphatic carboxylic acids is 1. The lowest BCUT2D eigenvalue weighted by molar-refractivity contribution is -0.138. The summed E-state index contributed by atoms with van der Waals surface area (Å²) in [5.74, 6) is -1.44. The van der Waals surface area contributed by atoms with Crippen LogP contribution < -0.4 is 10.2 Å². The van der Waals surface area contributed by atoms with E-state index in [-0.39, 0.29) is 5.91 Å². The normalized spacial score (nSPS) is 11.6. The lowest BCUT2D eigenvalue weighted by Crippen LogP contribution is -2.38. The Morgan fingerprint density at radius 1 is 1.08 bits per heavy atom. The minimum Gasteiger partial charge on any atom is -0.480 e. The molecule has 5 nitrogen and oxygen atoms in total. The summed E-state index contributed by atoms with van der Waals surface area (Å²) in [6.45, 7) is 5.15. The summed E-state index contributed by atoms with van der Waals surface area (Å²) in [5, 5.41) is 11.3. The standard InChI is InChI=1S/C19H22N2O3/c1-3-21(13-15-7-5-4-6-8-15)17-11-9-16(10-12-17)18(22)20-14(2)19(23)24/h4-12,14H,3,13H2,1-2H3,(H,20,22)(H,23,24). The smallest absolute Gasteiger partial charge is 0.325 e. The van der Waals surface area contributed by atoms with Gasteiger partial charge in [0, 0.05) is 24.3 Å². The maximum Gasteiger partial charge on any atom is 0.325 e. The van der Waals surface area contributed by atoms with Crippen molar-refractivity contribution in [2.45, 2.75) is 26.4 Å². The van der Waals surface area contributed by atoms with Crippen LogP contribution >= 0.6 is 0 Å². The van der Waals surface area contributed by atoms with Crippen LogP contribution in [0.1, 0.15) is 29.8 Å². The van der Waals surface area contributed by atoms with Gasteiger partial charge in [-0.3, -0.25) is 9.59 Å². The zero-order chi connectivity index (χ0) is 17.5. The van der Waals surface area contributed by atoms with Gasteiger partial charge in [0.1, 0.15) is 6.04 Å². The maximum absolute atomic E-state index is 12.0. The Kier molecular flexibility index (Phi) is 5.95. The van der Waals surface area contributed by atoms with Crippen molar-refractivity contribution in [1.29, 1.82) is 0 Å². The minimum atomic E-state index is -1.06. The predicted octanol–water partition coefficient (Wildman–Crippen LogP) is 2.92. The number of carbonyl (C=O) groups excluding carboxylic acids is 1. The van der Waals surface area contributed by atoms with Gasteiger partial charge in [0.15, 0.2) is 0 Å². The Morgan fingerprint density at radius 2 is 1.71 bits per heavy atom. The quantitative estimate of drug-likeness (QED) is 0.821. The number of amides is 1. The summed E-state index contributed by atoms with van der Waals surface area (Å²) < 4.78 is 0. The first-order valence-corrected chi connectivity index (χ1v) is 7.94. The molecule has 0 aliphatic heterocycles. The molecule has 0 saturated carbocycles. The molecule has 0 spiro atoms. The highest BCUT2D eigenvalue weighted by Crippen LogP contribution is 2.18. The van der Waals surface area contributed by atoms with Gasteiger partial charge in [-0.25, -0.2) is 0 Å². The Bertz CT molecular complexity index is 684. The molecule has 5 heteroatoms. The molecule has 0 aromatic heterocycles. The zero-order valence-electron chi connectivity index (χ0n) is 13.9. The molecule has 1 amide bonds. The van der Waals surface area contributed by atoms with Crippen molar-refractivity contribution < 1.29 is 14.7 Å². The number of anilines is 1. The number of benzene rings is 2. The van der Waals surface area contributed by atoms with E-state index in [9.17, 15) is 9.59 Å². The third kappa shape index (κ3) is 4.59. The van der Waals surface area contributed by atoms with Gasteiger partial charge in [-0.2, -0.15) is 0 Å². The topological polar surface area (TPSA) is 69.6 Å². The largest absolute Gasteiger partial charge is 0.480 e. The monoisotopic (exact) mass is 326 g/mol. The number of hydrogen-bond donors (Lipinski definition) is 2. The fourth-order valence-corrected chi connectivity index (χ4v) is 2.35. The number of hydrogen-bond acceptors (Lipinski definition) is 3. The third-order valence-corrected chi connectivity index (χ3v) is 3.81. The van der Waals surface area contributed by atoms with Crippen molar-refractivity contribution in [3.8, 4) is 0 Å². The molecule has 0 aliphatic rings. The van der Waals surface area contributed by atoms with E-state index < -0.39 is 12.0 Å². The minimum absolute atomic E-state index is 0.387. The van der Waals surface area contributed by atoms with E-state index >= 15 is 0 Å². The van der Waals surface area contributed by atoms with Crippen LogP contribution in [0.4, 0.5) is 5.69 Å². The van der Waals surface area contributed by atoms with Gasteiger partial charge in [-0.05, 0) is 43.7 Å². The van der Waals surface area contributed by atoms with E-state index in [2.05, 4.69) is 29.3 Å². The number of nitrogens with one attached hydrogen (secondary N) is 1. The Morgan fingerprint density at radius 3 is 2.25 bits per heavy atom. The van der Waals surface area contributed by atoms with E-state index in [0.29, 0.717) is 5.56 Å². The molecule has 2 N–H and O–H groups in total. The molecular weight excluding hydrogens is 304 g/mol. The molecule has 1 unspecified atom stereocenters. The van der Waals surface area contributed by atoms with E-state index in [0.717, 1.165) is 18.8 Å². The summed E-state index contributed by atoms with van der Waals surface area (Å²) >= 11 is 0. The number of carboxylic acid groups (broad SMARTS) is 1.